The molecular weight excluding hydrogens is 324 g/mol. The van der Waals surface area contributed by atoms with Gasteiger partial charge in [-0.2, -0.15) is 0 Å². The summed E-state index contributed by atoms with van der Waals surface area (Å²) in [5, 5.41) is 0. The molecule has 1 unspecified atom stereocenters. The highest BCUT2D eigenvalue weighted by Gasteiger charge is 2.50. The first-order chi connectivity index (χ1) is 11.1. The van der Waals surface area contributed by atoms with Gasteiger partial charge in [0.15, 0.2) is 18.3 Å². The number of carbonyl (C=O) groups is 4. The van der Waals surface area contributed by atoms with Crippen LogP contribution in [0.2, 0.25) is 0 Å². The number of carbonyl (C=O) groups excluding carboxylic acids is 4. The van der Waals surface area contributed by atoms with Gasteiger partial charge in [0.25, 0.3) is 0 Å². The van der Waals surface area contributed by atoms with Crippen molar-refractivity contribution in [2.45, 2.75) is 65.1 Å². The van der Waals surface area contributed by atoms with Gasteiger partial charge in [-0.3, -0.25) is 19.2 Å². The van der Waals surface area contributed by atoms with Crippen LogP contribution in [0.3, 0.4) is 0 Å². The van der Waals surface area contributed by atoms with Crippen LogP contribution in [0, 0.1) is 0 Å². The van der Waals surface area contributed by atoms with E-state index in [-0.39, 0.29) is 6.61 Å². The van der Waals surface area contributed by atoms with Gasteiger partial charge >= 0.3 is 23.9 Å². The van der Waals surface area contributed by atoms with Crippen molar-refractivity contribution >= 4 is 23.9 Å². The van der Waals surface area contributed by atoms with Crippen molar-refractivity contribution in [1.82, 2.24) is 0 Å². The minimum atomic E-state index is -1.09. The van der Waals surface area contributed by atoms with Crippen LogP contribution in [0.15, 0.2) is 0 Å². The van der Waals surface area contributed by atoms with Gasteiger partial charge in [0.2, 0.25) is 0 Å². The normalized spacial score (nSPS) is 29.3. The summed E-state index contributed by atoms with van der Waals surface area (Å²) in [5.41, 5.74) is 0. The van der Waals surface area contributed by atoms with Gasteiger partial charge < -0.3 is 23.7 Å². The van der Waals surface area contributed by atoms with Gasteiger partial charge in [-0.1, -0.05) is 0 Å². The average Bonchev–Trinajstić information content (AvgIpc) is 2.42. The summed E-state index contributed by atoms with van der Waals surface area (Å²) in [6.07, 6.45) is -4.69. The Labute approximate surface area is 139 Å². The molecule has 9 heteroatoms. The molecule has 1 saturated heterocycles. The predicted octanol–water partition coefficient (Wildman–Crippen LogP) is 0.132. The number of esters is 4. The molecule has 0 amide bonds. The minimum Gasteiger partial charge on any atom is -0.463 e. The maximum atomic E-state index is 11.4. The SMILES string of the molecule is CC(=O)OC[C@H]1OC(C)[C@H](OC(C)=O)[C@@H](OC(C)=O)[C@H]1OC(C)=O. The van der Waals surface area contributed by atoms with Gasteiger partial charge in [-0.05, 0) is 6.92 Å². The lowest BCUT2D eigenvalue weighted by molar-refractivity contribution is -0.249. The molecule has 1 fully saturated rings. The number of ether oxygens (including phenoxy) is 5. The zero-order chi connectivity index (χ0) is 18.4. The van der Waals surface area contributed by atoms with Crippen LogP contribution in [0.5, 0.6) is 0 Å². The van der Waals surface area contributed by atoms with Gasteiger partial charge in [0.05, 0.1) is 6.10 Å². The highest BCUT2D eigenvalue weighted by atomic mass is 16.7. The molecule has 0 aromatic rings. The lowest BCUT2D eigenvalue weighted by atomic mass is 9.95. The molecule has 24 heavy (non-hydrogen) atoms. The second-order valence-electron chi connectivity index (χ2n) is 5.40. The molecule has 1 heterocycles. The smallest absolute Gasteiger partial charge is 0.303 e. The number of hydrogen-bond donors (Lipinski definition) is 0. The lowest BCUT2D eigenvalue weighted by Gasteiger charge is -2.43. The Bertz CT molecular complexity index is 501. The van der Waals surface area contributed by atoms with E-state index in [4.69, 9.17) is 23.7 Å². The zero-order valence-electron chi connectivity index (χ0n) is 14.3. The first kappa shape index (κ1) is 19.9. The predicted molar refractivity (Wildman–Crippen MR) is 77.6 cm³/mol. The van der Waals surface area contributed by atoms with Crippen molar-refractivity contribution in [3.8, 4) is 0 Å². The van der Waals surface area contributed by atoms with Crippen LogP contribution >= 0.6 is 0 Å². The lowest BCUT2D eigenvalue weighted by Crippen LogP contribution is -2.61. The molecule has 136 valence electrons. The van der Waals surface area contributed by atoms with Crippen molar-refractivity contribution in [3.63, 3.8) is 0 Å². The molecule has 0 radical (unpaired) electrons. The maximum Gasteiger partial charge on any atom is 0.303 e. The first-order valence-electron chi connectivity index (χ1n) is 7.42. The summed E-state index contributed by atoms with van der Waals surface area (Å²) in [4.78, 5) is 45.2. The second kappa shape index (κ2) is 8.62. The van der Waals surface area contributed by atoms with E-state index < -0.39 is 54.4 Å². The van der Waals surface area contributed by atoms with Crippen LogP contribution < -0.4 is 0 Å². The molecule has 0 bridgehead atoms. The van der Waals surface area contributed by atoms with E-state index in [1.54, 1.807) is 6.92 Å². The highest BCUT2D eigenvalue weighted by Crippen LogP contribution is 2.28. The third-order valence-corrected chi connectivity index (χ3v) is 3.22. The van der Waals surface area contributed by atoms with E-state index in [1.807, 2.05) is 0 Å². The van der Waals surface area contributed by atoms with Gasteiger partial charge in [0.1, 0.15) is 12.7 Å². The summed E-state index contributed by atoms with van der Waals surface area (Å²) >= 11 is 0. The maximum absolute atomic E-state index is 11.4. The molecule has 1 rings (SSSR count). The zero-order valence-corrected chi connectivity index (χ0v) is 14.3. The van der Waals surface area contributed by atoms with E-state index >= 15 is 0 Å². The van der Waals surface area contributed by atoms with Crippen LogP contribution in [-0.2, 0) is 42.9 Å². The van der Waals surface area contributed by atoms with Crippen molar-refractivity contribution in [3.05, 3.63) is 0 Å². The molecule has 0 saturated carbocycles. The molecular formula is C15H22O9. The minimum absolute atomic E-state index is 0.206. The molecule has 0 N–H and O–H groups in total. The molecule has 0 spiro atoms. The summed E-state index contributed by atoms with van der Waals surface area (Å²) in [6.45, 7) is 6.17. The second-order valence-corrected chi connectivity index (χ2v) is 5.40. The monoisotopic (exact) mass is 346 g/mol. The van der Waals surface area contributed by atoms with E-state index in [0.717, 1.165) is 0 Å². The fraction of sp³-hybridized carbons (Fsp3) is 0.733. The van der Waals surface area contributed by atoms with Crippen LogP contribution in [0.25, 0.3) is 0 Å². The fourth-order valence-electron chi connectivity index (χ4n) is 2.44. The Kier molecular flexibility index (Phi) is 7.15. The number of rotatable bonds is 5. The molecule has 0 aromatic carbocycles. The van der Waals surface area contributed by atoms with Crippen LogP contribution in [0.4, 0.5) is 0 Å². The van der Waals surface area contributed by atoms with Gasteiger partial charge in [-0.25, -0.2) is 0 Å². The molecule has 5 atom stereocenters. The average molecular weight is 346 g/mol. The summed E-state index contributed by atoms with van der Waals surface area (Å²) < 4.78 is 26.1. The quantitative estimate of drug-likeness (QED) is 0.506. The van der Waals surface area contributed by atoms with E-state index in [1.165, 1.54) is 27.7 Å². The summed E-state index contributed by atoms with van der Waals surface area (Å²) in [7, 11) is 0. The molecule has 1 aliphatic heterocycles. The highest BCUT2D eigenvalue weighted by molar-refractivity contribution is 5.68. The van der Waals surface area contributed by atoms with E-state index in [9.17, 15) is 19.2 Å². The topological polar surface area (TPSA) is 114 Å². The summed E-state index contributed by atoms with van der Waals surface area (Å²) in [6, 6.07) is 0. The molecule has 9 nitrogen and oxygen atoms in total. The van der Waals surface area contributed by atoms with Crippen molar-refractivity contribution in [1.29, 1.82) is 0 Å². The Hall–Kier alpha value is -2.16. The van der Waals surface area contributed by atoms with Gasteiger partial charge in [0, 0.05) is 27.7 Å². The largest absolute Gasteiger partial charge is 0.463 e. The Balaban J connectivity index is 3.11. The first-order valence-corrected chi connectivity index (χ1v) is 7.42. The van der Waals surface area contributed by atoms with Gasteiger partial charge in [-0.15, -0.1) is 0 Å². The third kappa shape index (κ3) is 5.80. The van der Waals surface area contributed by atoms with Crippen molar-refractivity contribution in [2.24, 2.45) is 0 Å². The fourth-order valence-corrected chi connectivity index (χ4v) is 2.44. The summed E-state index contributed by atoms with van der Waals surface area (Å²) in [5.74, 6) is -2.44. The molecule has 0 aliphatic carbocycles. The molecule has 1 aliphatic rings. The van der Waals surface area contributed by atoms with Crippen LogP contribution in [0.1, 0.15) is 34.6 Å². The van der Waals surface area contributed by atoms with E-state index in [2.05, 4.69) is 0 Å². The third-order valence-electron chi connectivity index (χ3n) is 3.22. The number of hydrogen-bond acceptors (Lipinski definition) is 9. The van der Waals surface area contributed by atoms with E-state index in [0.29, 0.717) is 0 Å². The Morgan fingerprint density at radius 2 is 1.21 bits per heavy atom. The van der Waals surface area contributed by atoms with Crippen molar-refractivity contribution < 1.29 is 42.9 Å². The van der Waals surface area contributed by atoms with Crippen molar-refractivity contribution in [2.75, 3.05) is 6.61 Å². The van der Waals surface area contributed by atoms with Crippen LogP contribution in [-0.4, -0.2) is 61.0 Å². The molecule has 0 aromatic heterocycles. The Morgan fingerprint density at radius 1 is 0.750 bits per heavy atom. The Morgan fingerprint density at radius 3 is 1.67 bits per heavy atom. The standard InChI is InChI=1S/C15H22O9/c1-7-13(22-9(3)17)15(24-11(5)19)14(23-10(4)18)12(21-7)6-20-8(2)16/h7,12-15H,6H2,1-5H3/t7?,12-,13+,14+,15-/m1/s1.